The Morgan fingerprint density at radius 1 is 1.04 bits per heavy atom. The van der Waals surface area contributed by atoms with Crippen molar-refractivity contribution in [1.82, 2.24) is 9.19 Å². The number of aromatic nitrogens is 2. The van der Waals surface area contributed by atoms with Gasteiger partial charge in [0.05, 0.1) is 16.1 Å². The van der Waals surface area contributed by atoms with Crippen LogP contribution in [-0.4, -0.2) is 24.4 Å². The lowest BCUT2D eigenvalue weighted by atomic mass is 10.2. The first-order chi connectivity index (χ1) is 11.0. The van der Waals surface area contributed by atoms with E-state index in [1.54, 1.807) is 43.3 Å². The van der Waals surface area contributed by atoms with Crippen molar-refractivity contribution in [1.29, 1.82) is 0 Å². The van der Waals surface area contributed by atoms with Crippen molar-refractivity contribution in [3.8, 4) is 11.5 Å². The highest BCUT2D eigenvalue weighted by atomic mass is 32.2. The van der Waals surface area contributed by atoms with Crippen LogP contribution in [0.2, 0.25) is 0 Å². The highest BCUT2D eigenvalue weighted by molar-refractivity contribution is 7.90. The topological polar surface area (TPSA) is 70.4 Å². The summed E-state index contributed by atoms with van der Waals surface area (Å²) in [6.45, 7) is 3.81. The Balaban J connectivity index is 1.96. The second-order valence-electron chi connectivity index (χ2n) is 5.47. The standard InChI is InChI=1S/C16H14N2O4S/c1-10-3-5-12(6-4-10)23(19,20)18-14-8-16-15(21-9-22-16)7-13(14)11(2)17-18/h3-8H,9H2,1-2H3. The molecule has 1 aliphatic rings. The van der Waals surface area contributed by atoms with Crippen LogP contribution in [0.3, 0.4) is 0 Å². The van der Waals surface area contributed by atoms with E-state index >= 15 is 0 Å². The molecule has 2 heterocycles. The van der Waals surface area contributed by atoms with Gasteiger partial charge < -0.3 is 9.47 Å². The predicted octanol–water partition coefficient (Wildman–Crippen LogP) is 2.62. The van der Waals surface area contributed by atoms with Gasteiger partial charge >= 0.3 is 0 Å². The molecule has 3 aromatic rings. The Morgan fingerprint density at radius 3 is 2.39 bits per heavy atom. The molecule has 4 rings (SSSR count). The normalized spacial score (nSPS) is 13.7. The lowest BCUT2D eigenvalue weighted by Gasteiger charge is -2.06. The van der Waals surface area contributed by atoms with Crippen molar-refractivity contribution in [3.63, 3.8) is 0 Å². The van der Waals surface area contributed by atoms with Crippen LogP contribution in [0.5, 0.6) is 11.5 Å². The van der Waals surface area contributed by atoms with Crippen molar-refractivity contribution in [2.45, 2.75) is 18.7 Å². The zero-order valence-electron chi connectivity index (χ0n) is 12.6. The Kier molecular flexibility index (Phi) is 2.89. The quantitative estimate of drug-likeness (QED) is 0.722. The van der Waals surface area contributed by atoms with E-state index in [1.165, 1.54) is 0 Å². The third kappa shape index (κ3) is 2.08. The fourth-order valence-electron chi connectivity index (χ4n) is 2.62. The molecule has 0 bridgehead atoms. The van der Waals surface area contributed by atoms with Gasteiger partial charge in [0.25, 0.3) is 10.0 Å². The fraction of sp³-hybridized carbons (Fsp3) is 0.188. The zero-order valence-corrected chi connectivity index (χ0v) is 13.4. The minimum Gasteiger partial charge on any atom is -0.454 e. The van der Waals surface area contributed by atoms with Gasteiger partial charge in [-0.2, -0.15) is 17.6 Å². The molecule has 1 aromatic heterocycles. The number of hydrogen-bond acceptors (Lipinski definition) is 5. The number of ether oxygens (including phenoxy) is 2. The van der Waals surface area contributed by atoms with Crippen molar-refractivity contribution in [2.75, 3.05) is 6.79 Å². The molecule has 118 valence electrons. The zero-order chi connectivity index (χ0) is 16.2. The number of nitrogens with zero attached hydrogens (tertiary/aromatic N) is 2. The Morgan fingerprint density at radius 2 is 1.70 bits per heavy atom. The van der Waals surface area contributed by atoms with Gasteiger partial charge in [0.1, 0.15) is 0 Å². The molecule has 0 fully saturated rings. The summed E-state index contributed by atoms with van der Waals surface area (Å²) < 4.78 is 37.6. The van der Waals surface area contributed by atoms with Crippen LogP contribution < -0.4 is 9.47 Å². The van der Waals surface area contributed by atoms with E-state index in [1.807, 2.05) is 6.92 Å². The van der Waals surface area contributed by atoms with E-state index in [2.05, 4.69) is 5.10 Å². The lowest BCUT2D eigenvalue weighted by Crippen LogP contribution is -2.14. The summed E-state index contributed by atoms with van der Waals surface area (Å²) in [5, 5.41) is 4.95. The van der Waals surface area contributed by atoms with E-state index in [4.69, 9.17) is 9.47 Å². The molecule has 0 radical (unpaired) electrons. The number of benzene rings is 2. The Labute approximate surface area is 133 Å². The van der Waals surface area contributed by atoms with Gasteiger partial charge in [0.15, 0.2) is 11.5 Å². The summed E-state index contributed by atoms with van der Waals surface area (Å²) in [4.78, 5) is 0.199. The van der Waals surface area contributed by atoms with E-state index in [0.717, 1.165) is 15.0 Å². The Bertz CT molecular complexity index is 1020. The number of hydrogen-bond donors (Lipinski definition) is 0. The number of aryl methyl sites for hydroxylation is 2. The molecule has 0 saturated heterocycles. The third-order valence-electron chi connectivity index (χ3n) is 3.87. The Hall–Kier alpha value is -2.54. The first-order valence-electron chi connectivity index (χ1n) is 7.08. The average molecular weight is 330 g/mol. The summed E-state index contributed by atoms with van der Waals surface area (Å²) >= 11 is 0. The van der Waals surface area contributed by atoms with Crippen molar-refractivity contribution in [3.05, 3.63) is 47.7 Å². The molecule has 0 N–H and O–H groups in total. The highest BCUT2D eigenvalue weighted by Crippen LogP contribution is 2.37. The molecule has 0 unspecified atom stereocenters. The smallest absolute Gasteiger partial charge is 0.283 e. The second kappa shape index (κ2) is 4.73. The molecule has 2 aromatic carbocycles. The second-order valence-corrected chi connectivity index (χ2v) is 7.24. The van der Waals surface area contributed by atoms with E-state index in [-0.39, 0.29) is 11.7 Å². The van der Waals surface area contributed by atoms with Crippen LogP contribution in [-0.2, 0) is 10.0 Å². The van der Waals surface area contributed by atoms with E-state index in [0.29, 0.717) is 22.7 Å². The largest absolute Gasteiger partial charge is 0.454 e. The van der Waals surface area contributed by atoms with Crippen LogP contribution >= 0.6 is 0 Å². The van der Waals surface area contributed by atoms with Gasteiger partial charge in [0, 0.05) is 11.5 Å². The van der Waals surface area contributed by atoms with Gasteiger partial charge in [0.2, 0.25) is 6.79 Å². The monoisotopic (exact) mass is 330 g/mol. The molecule has 0 atom stereocenters. The van der Waals surface area contributed by atoms with E-state index < -0.39 is 10.0 Å². The molecule has 1 aliphatic heterocycles. The summed E-state index contributed by atoms with van der Waals surface area (Å²) in [6.07, 6.45) is 0. The van der Waals surface area contributed by atoms with Crippen molar-refractivity contribution >= 4 is 20.9 Å². The van der Waals surface area contributed by atoms with Gasteiger partial charge in [-0.3, -0.25) is 0 Å². The summed E-state index contributed by atoms with van der Waals surface area (Å²) in [7, 11) is -3.77. The first kappa shape index (κ1) is 14.1. The molecule has 0 aliphatic carbocycles. The maximum atomic E-state index is 12.9. The third-order valence-corrected chi connectivity index (χ3v) is 5.48. The molecule has 0 amide bonds. The minimum atomic E-state index is -3.77. The molecular formula is C16H14N2O4S. The van der Waals surface area contributed by atoms with Crippen molar-refractivity contribution < 1.29 is 17.9 Å². The number of fused-ring (bicyclic) bond motifs is 2. The molecule has 6 nitrogen and oxygen atoms in total. The summed E-state index contributed by atoms with van der Waals surface area (Å²) in [5.41, 5.74) is 2.09. The lowest BCUT2D eigenvalue weighted by molar-refractivity contribution is 0.174. The van der Waals surface area contributed by atoms with Crippen LogP contribution in [0, 0.1) is 13.8 Å². The van der Waals surface area contributed by atoms with Crippen LogP contribution in [0.1, 0.15) is 11.3 Å². The van der Waals surface area contributed by atoms with E-state index in [9.17, 15) is 8.42 Å². The average Bonchev–Trinajstić information content (AvgIpc) is 3.10. The predicted molar refractivity (Wildman–Crippen MR) is 84.4 cm³/mol. The maximum absolute atomic E-state index is 12.9. The molecule has 0 spiro atoms. The number of rotatable bonds is 2. The van der Waals surface area contributed by atoms with Gasteiger partial charge in [-0.05, 0) is 32.0 Å². The van der Waals surface area contributed by atoms with Gasteiger partial charge in [-0.15, -0.1) is 0 Å². The first-order valence-corrected chi connectivity index (χ1v) is 8.52. The van der Waals surface area contributed by atoms with Crippen LogP contribution in [0.25, 0.3) is 10.9 Å². The molecular weight excluding hydrogens is 316 g/mol. The van der Waals surface area contributed by atoms with Crippen LogP contribution in [0.15, 0.2) is 41.3 Å². The molecule has 0 saturated carbocycles. The summed E-state index contributed by atoms with van der Waals surface area (Å²) in [6, 6.07) is 10.1. The molecule has 7 heteroatoms. The molecule has 23 heavy (non-hydrogen) atoms. The summed E-state index contributed by atoms with van der Waals surface area (Å²) in [5.74, 6) is 1.13. The minimum absolute atomic E-state index is 0.138. The van der Waals surface area contributed by atoms with Crippen LogP contribution in [0.4, 0.5) is 0 Å². The van der Waals surface area contributed by atoms with Gasteiger partial charge in [-0.25, -0.2) is 0 Å². The highest BCUT2D eigenvalue weighted by Gasteiger charge is 2.25. The maximum Gasteiger partial charge on any atom is 0.283 e. The van der Waals surface area contributed by atoms with Crippen molar-refractivity contribution in [2.24, 2.45) is 0 Å². The SMILES string of the molecule is Cc1ccc(S(=O)(=O)n2nc(C)c3cc4c(cc32)OCO4)cc1. The fourth-order valence-corrected chi connectivity index (χ4v) is 3.94. The van der Waals surface area contributed by atoms with Gasteiger partial charge in [-0.1, -0.05) is 17.7 Å².